The van der Waals surface area contributed by atoms with Crippen molar-refractivity contribution in [3.05, 3.63) is 52.6 Å². The molecule has 5 heteroatoms. The van der Waals surface area contributed by atoms with E-state index in [9.17, 15) is 0 Å². The molecule has 0 saturated heterocycles. The Balaban J connectivity index is 2.40. The molecule has 1 atom stereocenters. The molecule has 0 amide bonds. The second kappa shape index (κ2) is 5.82. The Morgan fingerprint density at radius 3 is 2.50 bits per heavy atom. The molecule has 0 aliphatic carbocycles. The second-order valence-electron chi connectivity index (χ2n) is 3.17. The van der Waals surface area contributed by atoms with Gasteiger partial charge in [0.15, 0.2) is 0 Å². The van der Waals surface area contributed by atoms with Crippen molar-refractivity contribution in [2.45, 2.75) is 4.83 Å². The van der Waals surface area contributed by atoms with Crippen LogP contribution in [0.2, 0.25) is 0 Å². The zero-order valence-electron chi connectivity index (χ0n) is 7.88. The third kappa shape index (κ3) is 3.10. The lowest BCUT2D eigenvalue weighted by atomic mass is 10.1. The largest absolute Gasteiger partial charge is 0.132 e. The number of hydrogen-bond donors (Lipinski definition) is 0. The fourth-order valence-electron chi connectivity index (χ4n) is 1.33. The molecule has 0 aliphatic heterocycles. The van der Waals surface area contributed by atoms with Crippen molar-refractivity contribution in [3.63, 3.8) is 0 Å². The highest BCUT2D eigenvalue weighted by atomic mass is 127. The van der Waals surface area contributed by atoms with Crippen LogP contribution in [0, 0.1) is 3.57 Å². The van der Waals surface area contributed by atoms with E-state index in [0.717, 1.165) is 8.26 Å². The van der Waals surface area contributed by atoms with Crippen LogP contribution in [0.25, 0.3) is 0 Å². The molecule has 1 aromatic heterocycles. The third-order valence-electron chi connectivity index (χ3n) is 2.07. The number of hydrogen-bond acceptors (Lipinski definition) is 1. The van der Waals surface area contributed by atoms with Gasteiger partial charge in [-0.15, -0.1) is 11.3 Å². The fraction of sp³-hybridized carbons (Fsp3) is 0.0909. The van der Waals surface area contributed by atoms with Gasteiger partial charge in [-0.1, -0.05) is 31.9 Å². The van der Waals surface area contributed by atoms with Crippen molar-refractivity contribution in [3.8, 4) is 0 Å². The lowest BCUT2D eigenvalue weighted by Crippen LogP contribution is -1.93. The van der Waals surface area contributed by atoms with Crippen LogP contribution in [0.1, 0.15) is 15.3 Å². The van der Waals surface area contributed by atoms with E-state index >= 15 is 0 Å². The lowest BCUT2D eigenvalue weighted by Gasteiger charge is -2.10. The van der Waals surface area contributed by atoms with Crippen LogP contribution in [-0.2, 0) is 0 Å². The molecule has 16 heavy (non-hydrogen) atoms. The topological polar surface area (TPSA) is 0 Å². The molecule has 0 aliphatic rings. The minimum atomic E-state index is 0.258. The van der Waals surface area contributed by atoms with Gasteiger partial charge in [0.25, 0.3) is 0 Å². The molecular formula is C11H6Br3IS. The molecule has 0 bridgehead atoms. The monoisotopic (exact) mass is 534 g/mol. The van der Waals surface area contributed by atoms with E-state index in [1.807, 2.05) is 0 Å². The van der Waals surface area contributed by atoms with Gasteiger partial charge >= 0.3 is 0 Å². The van der Waals surface area contributed by atoms with Crippen LogP contribution in [0.15, 0.2) is 38.6 Å². The van der Waals surface area contributed by atoms with Gasteiger partial charge in [-0.2, -0.15) is 0 Å². The molecule has 0 N–H and O–H groups in total. The van der Waals surface area contributed by atoms with Gasteiger partial charge in [-0.25, -0.2) is 0 Å². The van der Waals surface area contributed by atoms with Crippen molar-refractivity contribution in [1.82, 2.24) is 0 Å². The Bertz CT molecular complexity index is 510. The highest BCUT2D eigenvalue weighted by molar-refractivity contribution is 14.1. The Morgan fingerprint density at radius 2 is 1.88 bits per heavy atom. The van der Waals surface area contributed by atoms with E-state index in [0.29, 0.717) is 0 Å². The minimum absolute atomic E-state index is 0.258. The lowest BCUT2D eigenvalue weighted by molar-refractivity contribution is 1.20. The van der Waals surface area contributed by atoms with Crippen molar-refractivity contribution in [2.75, 3.05) is 0 Å². The molecule has 0 nitrogen and oxygen atoms in total. The summed E-state index contributed by atoms with van der Waals surface area (Å²) in [5, 5.41) is 0. The summed E-state index contributed by atoms with van der Waals surface area (Å²) in [6.45, 7) is 0. The zero-order chi connectivity index (χ0) is 11.7. The maximum absolute atomic E-state index is 3.76. The molecule has 0 radical (unpaired) electrons. The van der Waals surface area contributed by atoms with Crippen molar-refractivity contribution < 1.29 is 0 Å². The molecule has 2 aromatic rings. The standard InChI is InChI=1S/C11H6Br3IS/c12-6-1-2-8(15)7(5-6)11(14)9-3-4-10(13)16-9/h1-5,11H. The average molecular weight is 537 g/mol. The maximum Gasteiger partial charge on any atom is 0.0749 e. The first-order valence-corrected chi connectivity index (χ1v) is 8.82. The molecule has 1 aromatic carbocycles. The van der Waals surface area contributed by atoms with Crippen molar-refractivity contribution >= 4 is 81.7 Å². The predicted molar refractivity (Wildman–Crippen MR) is 89.6 cm³/mol. The van der Waals surface area contributed by atoms with Gasteiger partial charge in [0, 0.05) is 12.9 Å². The van der Waals surface area contributed by atoms with Gasteiger partial charge in [0.05, 0.1) is 8.61 Å². The molecule has 0 fully saturated rings. The summed E-state index contributed by atoms with van der Waals surface area (Å²) in [4.78, 5) is 1.57. The fourth-order valence-corrected chi connectivity index (χ4v) is 5.01. The number of alkyl halides is 1. The molecule has 84 valence electrons. The van der Waals surface area contributed by atoms with Gasteiger partial charge in [-0.05, 0) is 74.4 Å². The molecule has 2 rings (SSSR count). The van der Waals surface area contributed by atoms with Gasteiger partial charge in [0.2, 0.25) is 0 Å². The Hall–Kier alpha value is 1.09. The summed E-state index contributed by atoms with van der Waals surface area (Å²) < 4.78 is 3.55. The normalized spacial score (nSPS) is 12.8. The molecule has 0 saturated carbocycles. The van der Waals surface area contributed by atoms with Crippen LogP contribution in [-0.4, -0.2) is 0 Å². The SMILES string of the molecule is Brc1ccc(I)c(C(Br)c2ccc(Br)s2)c1. The van der Waals surface area contributed by atoms with E-state index in [-0.39, 0.29) is 4.83 Å². The summed E-state index contributed by atoms with van der Waals surface area (Å²) in [5.41, 5.74) is 1.30. The van der Waals surface area contributed by atoms with Gasteiger partial charge in [-0.3, -0.25) is 0 Å². The average Bonchev–Trinajstić information content (AvgIpc) is 2.67. The minimum Gasteiger partial charge on any atom is -0.132 e. The summed E-state index contributed by atoms with van der Waals surface area (Å²) in [6.07, 6.45) is 0. The summed E-state index contributed by atoms with van der Waals surface area (Å²) in [5.74, 6) is 0. The Labute approximate surface area is 137 Å². The van der Waals surface area contributed by atoms with Crippen molar-refractivity contribution in [1.29, 1.82) is 0 Å². The van der Waals surface area contributed by atoms with Crippen LogP contribution in [0.4, 0.5) is 0 Å². The zero-order valence-corrected chi connectivity index (χ0v) is 15.6. The highest BCUT2D eigenvalue weighted by Crippen LogP contribution is 2.39. The van der Waals surface area contributed by atoms with Crippen LogP contribution in [0.5, 0.6) is 0 Å². The molecule has 1 heterocycles. The maximum atomic E-state index is 3.76. The first-order valence-electron chi connectivity index (χ1n) is 4.42. The first-order chi connectivity index (χ1) is 7.58. The van der Waals surface area contributed by atoms with Gasteiger partial charge < -0.3 is 0 Å². The Morgan fingerprint density at radius 1 is 1.12 bits per heavy atom. The molecule has 0 spiro atoms. The second-order valence-corrected chi connectivity index (χ2v) is 8.66. The molecular weight excluding hydrogens is 531 g/mol. The highest BCUT2D eigenvalue weighted by Gasteiger charge is 2.15. The number of rotatable bonds is 2. The summed E-state index contributed by atoms with van der Waals surface area (Å²) in [7, 11) is 0. The van der Waals surface area contributed by atoms with E-state index in [2.05, 4.69) is 101 Å². The number of benzene rings is 1. The van der Waals surface area contributed by atoms with E-state index in [4.69, 9.17) is 0 Å². The van der Waals surface area contributed by atoms with Crippen LogP contribution >= 0.6 is 81.7 Å². The van der Waals surface area contributed by atoms with Crippen LogP contribution in [0.3, 0.4) is 0 Å². The van der Waals surface area contributed by atoms with E-state index < -0.39 is 0 Å². The van der Waals surface area contributed by atoms with Crippen LogP contribution < -0.4 is 0 Å². The summed E-state index contributed by atoms with van der Waals surface area (Å²) in [6, 6.07) is 10.6. The van der Waals surface area contributed by atoms with Crippen molar-refractivity contribution in [2.24, 2.45) is 0 Å². The number of halogens is 4. The first kappa shape index (κ1) is 13.5. The third-order valence-corrected chi connectivity index (χ3v) is 6.53. The van der Waals surface area contributed by atoms with Gasteiger partial charge in [0.1, 0.15) is 0 Å². The quantitative estimate of drug-likeness (QED) is 0.309. The van der Waals surface area contributed by atoms with E-state index in [1.165, 1.54) is 14.0 Å². The van der Waals surface area contributed by atoms with E-state index in [1.54, 1.807) is 11.3 Å². The smallest absolute Gasteiger partial charge is 0.0749 e. The molecule has 1 unspecified atom stereocenters. The number of thiophene rings is 1. The Kier molecular flexibility index (Phi) is 4.92. The predicted octanol–water partition coefficient (Wildman–Crippen LogP) is 6.36. The summed E-state index contributed by atoms with van der Waals surface area (Å²) >= 11 is 14.9.